The molecule has 1 aromatic carbocycles. The molecule has 0 amide bonds. The Morgan fingerprint density at radius 1 is 1.14 bits per heavy atom. The highest BCUT2D eigenvalue weighted by molar-refractivity contribution is 7.89. The lowest BCUT2D eigenvalue weighted by Crippen LogP contribution is -2.42. The Bertz CT molecular complexity index is 592. The Morgan fingerprint density at radius 2 is 1.62 bits per heavy atom. The number of nitrogens with zero attached hydrogens (tertiary/aromatic N) is 1. The van der Waals surface area contributed by atoms with E-state index < -0.39 is 10.0 Å². The predicted molar refractivity (Wildman–Crippen MR) is 85.8 cm³/mol. The van der Waals surface area contributed by atoms with Crippen LogP contribution in [0, 0.1) is 26.7 Å². The highest BCUT2D eigenvalue weighted by Gasteiger charge is 2.32. The summed E-state index contributed by atoms with van der Waals surface area (Å²) in [5.74, 6) is 0.427. The molecule has 0 aromatic heterocycles. The normalized spacial score (nSPS) is 19.7. The van der Waals surface area contributed by atoms with E-state index >= 15 is 0 Å². The number of sulfonamides is 1. The number of rotatable bonds is 3. The first-order valence-corrected chi connectivity index (χ1v) is 9.01. The van der Waals surface area contributed by atoms with Gasteiger partial charge in [-0.1, -0.05) is 17.7 Å². The van der Waals surface area contributed by atoms with Crippen LogP contribution in [0.2, 0.25) is 0 Å². The van der Waals surface area contributed by atoms with Gasteiger partial charge in [-0.2, -0.15) is 4.31 Å². The molecule has 0 bridgehead atoms. The van der Waals surface area contributed by atoms with E-state index in [1.54, 1.807) is 4.31 Å². The third-order valence-corrected chi connectivity index (χ3v) is 6.65. The van der Waals surface area contributed by atoms with Crippen LogP contribution in [0.25, 0.3) is 0 Å². The Labute approximate surface area is 128 Å². The third-order valence-electron chi connectivity index (χ3n) is 4.44. The summed E-state index contributed by atoms with van der Waals surface area (Å²) >= 11 is 0. The van der Waals surface area contributed by atoms with Crippen LogP contribution in [0.5, 0.6) is 0 Å². The van der Waals surface area contributed by atoms with E-state index in [-0.39, 0.29) is 6.04 Å². The molecule has 21 heavy (non-hydrogen) atoms. The molecule has 1 atom stereocenters. The lowest BCUT2D eigenvalue weighted by molar-refractivity contribution is 0.250. The topological polar surface area (TPSA) is 63.4 Å². The highest BCUT2D eigenvalue weighted by Crippen LogP contribution is 2.29. The summed E-state index contributed by atoms with van der Waals surface area (Å²) in [4.78, 5) is 0.479. The summed E-state index contributed by atoms with van der Waals surface area (Å²) < 4.78 is 27.4. The number of benzene rings is 1. The second kappa shape index (κ2) is 6.07. The monoisotopic (exact) mass is 310 g/mol. The van der Waals surface area contributed by atoms with Crippen molar-refractivity contribution < 1.29 is 8.42 Å². The minimum Gasteiger partial charge on any atom is -0.328 e. The molecule has 0 aliphatic carbocycles. The second-order valence-corrected chi connectivity index (χ2v) is 8.20. The molecule has 1 saturated heterocycles. The fourth-order valence-electron chi connectivity index (χ4n) is 3.34. The van der Waals surface area contributed by atoms with Crippen LogP contribution < -0.4 is 5.73 Å². The molecule has 4 nitrogen and oxygen atoms in total. The number of piperidine rings is 1. The molecule has 1 unspecified atom stereocenters. The van der Waals surface area contributed by atoms with Crippen molar-refractivity contribution in [2.24, 2.45) is 11.7 Å². The second-order valence-electron chi connectivity index (χ2n) is 6.33. The first-order chi connectivity index (χ1) is 9.73. The Hall–Kier alpha value is -0.910. The van der Waals surface area contributed by atoms with Crippen molar-refractivity contribution in [3.63, 3.8) is 0 Å². The van der Waals surface area contributed by atoms with Gasteiger partial charge in [-0.3, -0.25) is 0 Å². The van der Waals surface area contributed by atoms with E-state index in [4.69, 9.17) is 5.73 Å². The van der Waals surface area contributed by atoms with Gasteiger partial charge in [-0.25, -0.2) is 8.42 Å². The average Bonchev–Trinajstić information content (AvgIpc) is 2.37. The maximum Gasteiger partial charge on any atom is 0.243 e. The van der Waals surface area contributed by atoms with Crippen molar-refractivity contribution in [2.45, 2.75) is 51.5 Å². The molecule has 1 aliphatic heterocycles. The van der Waals surface area contributed by atoms with Gasteiger partial charge in [-0.15, -0.1) is 0 Å². The van der Waals surface area contributed by atoms with Crippen molar-refractivity contribution in [1.82, 2.24) is 4.31 Å². The third kappa shape index (κ3) is 3.30. The molecule has 0 spiro atoms. The lowest BCUT2D eigenvalue weighted by atomic mass is 9.92. The minimum absolute atomic E-state index is 0.137. The minimum atomic E-state index is -3.40. The molecule has 0 radical (unpaired) electrons. The van der Waals surface area contributed by atoms with E-state index in [0.717, 1.165) is 29.5 Å². The highest BCUT2D eigenvalue weighted by atomic mass is 32.2. The molecular weight excluding hydrogens is 284 g/mol. The quantitative estimate of drug-likeness (QED) is 0.932. The number of hydrogen-bond acceptors (Lipinski definition) is 3. The number of nitrogens with two attached hydrogens (primary N) is 1. The van der Waals surface area contributed by atoms with Crippen LogP contribution >= 0.6 is 0 Å². The predicted octanol–water partition coefficient (Wildman–Crippen LogP) is 2.36. The van der Waals surface area contributed by atoms with Gasteiger partial charge in [0.05, 0.1) is 4.90 Å². The molecule has 1 heterocycles. The fraction of sp³-hybridized carbons (Fsp3) is 0.625. The molecule has 2 N–H and O–H groups in total. The van der Waals surface area contributed by atoms with Gasteiger partial charge in [0.1, 0.15) is 0 Å². The van der Waals surface area contributed by atoms with E-state index in [1.165, 1.54) is 0 Å². The molecule has 5 heteroatoms. The van der Waals surface area contributed by atoms with Crippen molar-refractivity contribution in [1.29, 1.82) is 0 Å². The molecule has 118 valence electrons. The lowest BCUT2D eigenvalue weighted by Gasteiger charge is -2.33. The number of aryl methyl sites for hydroxylation is 3. The maximum absolute atomic E-state index is 12.9. The molecule has 1 aliphatic rings. The largest absolute Gasteiger partial charge is 0.328 e. The average molecular weight is 310 g/mol. The van der Waals surface area contributed by atoms with Gasteiger partial charge in [0.15, 0.2) is 0 Å². The van der Waals surface area contributed by atoms with Crippen molar-refractivity contribution >= 4 is 10.0 Å². The van der Waals surface area contributed by atoms with Gasteiger partial charge in [0, 0.05) is 19.1 Å². The van der Waals surface area contributed by atoms with Crippen LogP contribution in [0.3, 0.4) is 0 Å². The van der Waals surface area contributed by atoms with E-state index in [0.29, 0.717) is 23.9 Å². The summed E-state index contributed by atoms with van der Waals surface area (Å²) in [5.41, 5.74) is 8.70. The van der Waals surface area contributed by atoms with Crippen LogP contribution in [-0.2, 0) is 10.0 Å². The smallest absolute Gasteiger partial charge is 0.243 e. The van der Waals surface area contributed by atoms with Crippen molar-refractivity contribution in [3.05, 3.63) is 28.8 Å². The molecular formula is C16H26N2O2S. The summed E-state index contributed by atoms with van der Waals surface area (Å²) in [6, 6.07) is 4.01. The van der Waals surface area contributed by atoms with Crippen molar-refractivity contribution in [2.75, 3.05) is 13.1 Å². The Morgan fingerprint density at radius 3 is 2.05 bits per heavy atom. The van der Waals surface area contributed by atoms with E-state index in [1.807, 2.05) is 39.8 Å². The van der Waals surface area contributed by atoms with Crippen LogP contribution in [0.15, 0.2) is 17.0 Å². The Balaban J connectivity index is 2.28. The van der Waals surface area contributed by atoms with Gasteiger partial charge in [-0.05, 0) is 57.6 Å². The van der Waals surface area contributed by atoms with Gasteiger partial charge in [0.2, 0.25) is 10.0 Å². The molecule has 1 aromatic rings. The van der Waals surface area contributed by atoms with Gasteiger partial charge in [0.25, 0.3) is 0 Å². The van der Waals surface area contributed by atoms with Gasteiger partial charge >= 0.3 is 0 Å². The van der Waals surface area contributed by atoms with E-state index in [9.17, 15) is 8.42 Å². The van der Waals surface area contributed by atoms with Crippen LogP contribution in [-0.4, -0.2) is 31.9 Å². The Kier molecular flexibility index (Phi) is 4.76. The molecule has 2 rings (SSSR count). The zero-order chi connectivity index (χ0) is 15.8. The summed E-state index contributed by atoms with van der Waals surface area (Å²) in [5, 5.41) is 0. The molecule has 1 fully saturated rings. The zero-order valence-corrected chi connectivity index (χ0v) is 14.2. The maximum atomic E-state index is 12.9. The summed E-state index contributed by atoms with van der Waals surface area (Å²) in [6.07, 6.45) is 1.70. The van der Waals surface area contributed by atoms with Crippen LogP contribution in [0.1, 0.15) is 36.5 Å². The first-order valence-electron chi connectivity index (χ1n) is 7.57. The van der Waals surface area contributed by atoms with Crippen molar-refractivity contribution in [3.8, 4) is 0 Å². The van der Waals surface area contributed by atoms with Gasteiger partial charge < -0.3 is 5.73 Å². The summed E-state index contributed by atoms with van der Waals surface area (Å²) in [6.45, 7) is 8.89. The van der Waals surface area contributed by atoms with Crippen LogP contribution in [0.4, 0.5) is 0 Å². The SMILES string of the molecule is Cc1cc(C)c(S(=O)(=O)N2CCC(C(C)N)CC2)c(C)c1. The van der Waals surface area contributed by atoms with E-state index in [2.05, 4.69) is 0 Å². The zero-order valence-electron chi connectivity index (χ0n) is 13.4. The number of hydrogen-bond donors (Lipinski definition) is 1. The summed E-state index contributed by atoms with van der Waals surface area (Å²) in [7, 11) is -3.40. The first kappa shape index (κ1) is 16.5. The molecule has 0 saturated carbocycles. The fourth-order valence-corrected chi connectivity index (χ4v) is 5.23. The standard InChI is InChI=1S/C16H26N2O2S/c1-11-9-12(2)16(13(3)10-11)21(19,20)18-7-5-15(6-8-18)14(4)17/h9-10,14-15H,5-8,17H2,1-4H3.